The first-order chi connectivity index (χ1) is 7.93. The highest BCUT2D eigenvalue weighted by molar-refractivity contribution is 7.99. The average Bonchev–Trinajstić information content (AvgIpc) is 3.07. The molecule has 2 fully saturated rings. The Balaban J connectivity index is 1.54. The van der Waals surface area contributed by atoms with Crippen molar-refractivity contribution in [3.63, 3.8) is 0 Å². The Bertz CT molecular complexity index is 340. The molecule has 0 N–H and O–H groups in total. The van der Waals surface area contributed by atoms with Gasteiger partial charge in [0.05, 0.1) is 0 Å². The van der Waals surface area contributed by atoms with E-state index in [1.807, 2.05) is 18.1 Å². The van der Waals surface area contributed by atoms with E-state index in [1.54, 1.807) is 0 Å². The molecule has 4 heteroatoms. The standard InChI is InChI=1S/C12H19N3S/c1-2-4-10(5-3-1)8-16-12-14-13-9-15(12)11-6-7-11/h9-11H,1-8H2. The largest absolute Gasteiger partial charge is 0.306 e. The Morgan fingerprint density at radius 2 is 2.00 bits per heavy atom. The van der Waals surface area contributed by atoms with Gasteiger partial charge in [0.2, 0.25) is 0 Å². The second-order valence-electron chi connectivity index (χ2n) is 5.07. The second-order valence-corrected chi connectivity index (χ2v) is 6.05. The number of hydrogen-bond donors (Lipinski definition) is 0. The molecule has 0 bridgehead atoms. The summed E-state index contributed by atoms with van der Waals surface area (Å²) >= 11 is 1.92. The number of rotatable bonds is 4. The Hall–Kier alpha value is -0.510. The molecule has 0 spiro atoms. The van der Waals surface area contributed by atoms with Crippen molar-refractivity contribution in [3.05, 3.63) is 6.33 Å². The maximum Gasteiger partial charge on any atom is 0.191 e. The van der Waals surface area contributed by atoms with Gasteiger partial charge in [0.25, 0.3) is 0 Å². The summed E-state index contributed by atoms with van der Waals surface area (Å²) in [5.41, 5.74) is 0. The molecular weight excluding hydrogens is 218 g/mol. The predicted octanol–water partition coefficient (Wildman–Crippen LogP) is 3.29. The van der Waals surface area contributed by atoms with Crippen molar-refractivity contribution in [1.29, 1.82) is 0 Å². The normalized spacial score (nSPS) is 22.5. The first-order valence-electron chi connectivity index (χ1n) is 6.46. The minimum atomic E-state index is 0.712. The molecule has 1 heterocycles. The monoisotopic (exact) mass is 237 g/mol. The molecule has 1 aromatic heterocycles. The highest BCUT2D eigenvalue weighted by Crippen LogP contribution is 2.38. The summed E-state index contributed by atoms with van der Waals surface area (Å²) in [5, 5.41) is 9.42. The highest BCUT2D eigenvalue weighted by Gasteiger charge is 2.26. The van der Waals surface area contributed by atoms with Crippen LogP contribution >= 0.6 is 11.8 Å². The van der Waals surface area contributed by atoms with Gasteiger partial charge in [0.15, 0.2) is 5.16 Å². The van der Waals surface area contributed by atoms with Crippen LogP contribution in [0.2, 0.25) is 0 Å². The fourth-order valence-electron chi connectivity index (χ4n) is 2.48. The van der Waals surface area contributed by atoms with Crippen molar-refractivity contribution >= 4 is 11.8 Å². The summed E-state index contributed by atoms with van der Waals surface area (Å²) in [4.78, 5) is 0. The molecule has 0 saturated heterocycles. The van der Waals surface area contributed by atoms with Crippen LogP contribution < -0.4 is 0 Å². The Labute approximate surface area is 101 Å². The first-order valence-corrected chi connectivity index (χ1v) is 7.44. The zero-order chi connectivity index (χ0) is 10.8. The molecule has 2 aliphatic carbocycles. The van der Waals surface area contributed by atoms with Crippen molar-refractivity contribution in [2.45, 2.75) is 56.1 Å². The van der Waals surface area contributed by atoms with E-state index in [0.29, 0.717) is 6.04 Å². The number of hydrogen-bond acceptors (Lipinski definition) is 3. The van der Waals surface area contributed by atoms with E-state index in [-0.39, 0.29) is 0 Å². The van der Waals surface area contributed by atoms with Gasteiger partial charge >= 0.3 is 0 Å². The van der Waals surface area contributed by atoms with E-state index >= 15 is 0 Å². The molecular formula is C12H19N3S. The quantitative estimate of drug-likeness (QED) is 0.753. The van der Waals surface area contributed by atoms with Gasteiger partial charge in [-0.2, -0.15) is 0 Å². The lowest BCUT2D eigenvalue weighted by atomic mass is 9.91. The highest BCUT2D eigenvalue weighted by atomic mass is 32.2. The summed E-state index contributed by atoms with van der Waals surface area (Å²) in [6, 6.07) is 0.712. The van der Waals surface area contributed by atoms with Gasteiger partial charge in [-0.3, -0.25) is 0 Å². The maximum atomic E-state index is 4.24. The summed E-state index contributed by atoms with van der Waals surface area (Å²) < 4.78 is 2.27. The molecule has 0 aromatic carbocycles. The fourth-order valence-corrected chi connectivity index (χ4v) is 3.65. The molecule has 3 nitrogen and oxygen atoms in total. The van der Waals surface area contributed by atoms with Gasteiger partial charge in [-0.05, 0) is 31.6 Å². The molecule has 0 radical (unpaired) electrons. The van der Waals surface area contributed by atoms with Crippen molar-refractivity contribution in [2.24, 2.45) is 5.92 Å². The smallest absolute Gasteiger partial charge is 0.191 e. The molecule has 0 unspecified atom stereocenters. The lowest BCUT2D eigenvalue weighted by Gasteiger charge is -2.20. The van der Waals surface area contributed by atoms with E-state index in [1.165, 1.54) is 50.7 Å². The Morgan fingerprint density at radius 1 is 1.19 bits per heavy atom. The SMILES string of the molecule is c1nnc(SCC2CCCCC2)n1C1CC1. The van der Waals surface area contributed by atoms with Crippen molar-refractivity contribution in [3.8, 4) is 0 Å². The average molecular weight is 237 g/mol. The molecule has 1 aromatic rings. The zero-order valence-electron chi connectivity index (χ0n) is 9.64. The molecule has 0 atom stereocenters. The second kappa shape index (κ2) is 4.78. The van der Waals surface area contributed by atoms with Crippen LogP contribution in [0.5, 0.6) is 0 Å². The first kappa shape index (κ1) is 10.6. The molecule has 88 valence electrons. The van der Waals surface area contributed by atoms with E-state index in [0.717, 1.165) is 11.1 Å². The minimum absolute atomic E-state index is 0.712. The molecule has 3 rings (SSSR count). The summed E-state index contributed by atoms with van der Waals surface area (Å²) in [6.45, 7) is 0. The van der Waals surface area contributed by atoms with E-state index in [2.05, 4.69) is 14.8 Å². The molecule has 2 aliphatic rings. The van der Waals surface area contributed by atoms with Gasteiger partial charge < -0.3 is 4.57 Å². The van der Waals surface area contributed by atoms with E-state index in [4.69, 9.17) is 0 Å². The van der Waals surface area contributed by atoms with Gasteiger partial charge in [-0.1, -0.05) is 31.0 Å². The van der Waals surface area contributed by atoms with Crippen molar-refractivity contribution in [2.75, 3.05) is 5.75 Å². The third-order valence-electron chi connectivity index (χ3n) is 3.65. The van der Waals surface area contributed by atoms with Gasteiger partial charge in [0, 0.05) is 11.8 Å². The van der Waals surface area contributed by atoms with Crippen molar-refractivity contribution < 1.29 is 0 Å². The van der Waals surface area contributed by atoms with E-state index < -0.39 is 0 Å². The zero-order valence-corrected chi connectivity index (χ0v) is 10.5. The summed E-state index contributed by atoms with van der Waals surface area (Å²) in [7, 11) is 0. The van der Waals surface area contributed by atoms with Gasteiger partial charge in [0.1, 0.15) is 6.33 Å². The minimum Gasteiger partial charge on any atom is -0.306 e. The topological polar surface area (TPSA) is 30.7 Å². The Morgan fingerprint density at radius 3 is 2.75 bits per heavy atom. The lowest BCUT2D eigenvalue weighted by Crippen LogP contribution is -2.09. The third kappa shape index (κ3) is 2.42. The Kier molecular flexibility index (Phi) is 3.18. The number of aromatic nitrogens is 3. The van der Waals surface area contributed by atoms with Crippen LogP contribution in [-0.4, -0.2) is 20.5 Å². The van der Waals surface area contributed by atoms with Crippen molar-refractivity contribution in [1.82, 2.24) is 14.8 Å². The fraction of sp³-hybridized carbons (Fsp3) is 0.833. The van der Waals surface area contributed by atoms with Crippen LogP contribution in [0.3, 0.4) is 0 Å². The molecule has 0 aliphatic heterocycles. The summed E-state index contributed by atoms with van der Waals surface area (Å²) in [5.74, 6) is 2.16. The van der Waals surface area contributed by atoms with E-state index in [9.17, 15) is 0 Å². The van der Waals surface area contributed by atoms with Gasteiger partial charge in [-0.15, -0.1) is 10.2 Å². The van der Waals surface area contributed by atoms with Crippen LogP contribution in [0.1, 0.15) is 51.0 Å². The third-order valence-corrected chi connectivity index (χ3v) is 4.84. The number of thioether (sulfide) groups is 1. The van der Waals surface area contributed by atoms with Crippen LogP contribution in [0.15, 0.2) is 11.5 Å². The number of nitrogens with zero attached hydrogens (tertiary/aromatic N) is 3. The maximum absolute atomic E-state index is 4.24. The van der Waals surface area contributed by atoms with Crippen LogP contribution in [0.25, 0.3) is 0 Å². The summed E-state index contributed by atoms with van der Waals surface area (Å²) in [6.07, 6.45) is 11.7. The van der Waals surface area contributed by atoms with Crippen LogP contribution in [-0.2, 0) is 0 Å². The molecule has 2 saturated carbocycles. The van der Waals surface area contributed by atoms with Gasteiger partial charge in [-0.25, -0.2) is 0 Å². The van der Waals surface area contributed by atoms with Crippen LogP contribution in [0, 0.1) is 5.92 Å². The molecule has 16 heavy (non-hydrogen) atoms. The van der Waals surface area contributed by atoms with Crippen LogP contribution in [0.4, 0.5) is 0 Å². The lowest BCUT2D eigenvalue weighted by molar-refractivity contribution is 0.390. The predicted molar refractivity (Wildman–Crippen MR) is 65.6 cm³/mol. The molecule has 0 amide bonds.